The molecule has 0 aromatic carbocycles. The fourth-order valence-corrected chi connectivity index (χ4v) is 5.25. The van der Waals surface area contributed by atoms with Crippen LogP contribution in [0.2, 0.25) is 5.02 Å². The van der Waals surface area contributed by atoms with Crippen LogP contribution in [-0.4, -0.2) is 59.0 Å². The number of aromatic nitrogens is 2. The summed E-state index contributed by atoms with van der Waals surface area (Å²) in [7, 11) is 0. The first-order valence-electron chi connectivity index (χ1n) is 10.0. The molecule has 2 aliphatic heterocycles. The minimum absolute atomic E-state index is 0.0600. The first kappa shape index (κ1) is 20.2. The normalized spacial score (nSPS) is 18.0. The van der Waals surface area contributed by atoms with Gasteiger partial charge in [0.1, 0.15) is 5.69 Å². The van der Waals surface area contributed by atoms with E-state index in [1.165, 1.54) is 11.3 Å². The molecule has 0 aliphatic carbocycles. The third-order valence-electron chi connectivity index (χ3n) is 5.66. The number of amides is 1. The molecule has 0 atom stereocenters. The SMILES string of the molecule is CCOC(=O)c1csc(N2CCC(N3CCCc4c([nH]c(C)c4Cl)C3=O)CC2)n1. The quantitative estimate of drug-likeness (QED) is 0.740. The van der Waals surface area contributed by atoms with Crippen molar-refractivity contribution in [1.29, 1.82) is 0 Å². The van der Waals surface area contributed by atoms with Crippen LogP contribution in [0.25, 0.3) is 0 Å². The Balaban J connectivity index is 1.42. The number of halogens is 1. The minimum atomic E-state index is -0.379. The lowest BCUT2D eigenvalue weighted by Gasteiger charge is -2.38. The number of aryl methyl sites for hydroxylation is 1. The van der Waals surface area contributed by atoms with Gasteiger partial charge in [0.05, 0.1) is 11.6 Å². The Morgan fingerprint density at radius 2 is 2.14 bits per heavy atom. The maximum Gasteiger partial charge on any atom is 0.357 e. The molecule has 2 aromatic heterocycles. The van der Waals surface area contributed by atoms with Crippen molar-refractivity contribution in [1.82, 2.24) is 14.9 Å². The van der Waals surface area contributed by atoms with E-state index in [0.717, 1.165) is 61.7 Å². The molecule has 2 aliphatic rings. The van der Waals surface area contributed by atoms with Crippen molar-refractivity contribution in [3.8, 4) is 0 Å². The number of aromatic amines is 1. The summed E-state index contributed by atoms with van der Waals surface area (Å²) in [6.07, 6.45) is 3.51. The lowest BCUT2D eigenvalue weighted by atomic mass is 10.0. The number of nitrogens with zero attached hydrogens (tertiary/aromatic N) is 3. The standard InChI is InChI=1S/C20H25ClN4O3S/c1-3-28-19(27)15-11-29-20(23-15)24-9-6-13(7-10-24)25-8-4-5-14-16(21)12(2)22-17(14)18(25)26/h11,13,22H,3-10H2,1-2H3. The summed E-state index contributed by atoms with van der Waals surface area (Å²) >= 11 is 7.84. The average molecular weight is 437 g/mol. The molecule has 1 N–H and O–H groups in total. The average Bonchev–Trinajstić information content (AvgIpc) is 3.28. The van der Waals surface area contributed by atoms with Gasteiger partial charge in [0.2, 0.25) is 0 Å². The minimum Gasteiger partial charge on any atom is -0.461 e. The van der Waals surface area contributed by atoms with Gasteiger partial charge < -0.3 is 19.5 Å². The Kier molecular flexibility index (Phi) is 5.83. The molecule has 1 saturated heterocycles. The van der Waals surface area contributed by atoms with Crippen LogP contribution in [0.3, 0.4) is 0 Å². The van der Waals surface area contributed by atoms with Gasteiger partial charge in [-0.25, -0.2) is 9.78 Å². The van der Waals surface area contributed by atoms with Crippen molar-refractivity contribution in [3.05, 3.63) is 33.0 Å². The molecule has 1 fully saturated rings. The second-order valence-electron chi connectivity index (χ2n) is 7.47. The fourth-order valence-electron chi connectivity index (χ4n) is 4.17. The summed E-state index contributed by atoms with van der Waals surface area (Å²) in [6.45, 7) is 6.40. The van der Waals surface area contributed by atoms with Gasteiger partial charge in [-0.05, 0) is 39.5 Å². The van der Waals surface area contributed by atoms with Crippen LogP contribution >= 0.6 is 22.9 Å². The smallest absolute Gasteiger partial charge is 0.357 e. The van der Waals surface area contributed by atoms with Crippen molar-refractivity contribution in [3.63, 3.8) is 0 Å². The number of thiazole rings is 1. The predicted octanol–water partition coefficient (Wildman–Crippen LogP) is 3.67. The highest BCUT2D eigenvalue weighted by Gasteiger charge is 2.33. The predicted molar refractivity (Wildman–Crippen MR) is 113 cm³/mol. The van der Waals surface area contributed by atoms with Crippen LogP contribution in [-0.2, 0) is 11.2 Å². The zero-order valence-corrected chi connectivity index (χ0v) is 18.2. The van der Waals surface area contributed by atoms with Gasteiger partial charge >= 0.3 is 5.97 Å². The van der Waals surface area contributed by atoms with Crippen molar-refractivity contribution < 1.29 is 14.3 Å². The van der Waals surface area contributed by atoms with Gasteiger partial charge in [-0.3, -0.25) is 4.79 Å². The molecule has 2 aromatic rings. The van der Waals surface area contributed by atoms with Crippen molar-refractivity contribution in [2.24, 2.45) is 0 Å². The Morgan fingerprint density at radius 1 is 1.38 bits per heavy atom. The third kappa shape index (κ3) is 3.88. The number of rotatable bonds is 4. The van der Waals surface area contributed by atoms with Crippen molar-refractivity contribution in [2.45, 2.75) is 45.6 Å². The van der Waals surface area contributed by atoms with Gasteiger partial charge in [0, 0.05) is 42.3 Å². The number of carbonyl (C=O) groups excluding carboxylic acids is 2. The highest BCUT2D eigenvalue weighted by Crippen LogP contribution is 2.32. The molecular weight excluding hydrogens is 412 g/mol. The monoisotopic (exact) mass is 436 g/mol. The topological polar surface area (TPSA) is 78.5 Å². The van der Waals surface area contributed by atoms with Crippen LogP contribution in [0, 0.1) is 6.92 Å². The van der Waals surface area contributed by atoms with Gasteiger partial charge in [0.25, 0.3) is 5.91 Å². The summed E-state index contributed by atoms with van der Waals surface area (Å²) in [4.78, 5) is 36.8. The van der Waals surface area contributed by atoms with E-state index in [-0.39, 0.29) is 17.9 Å². The van der Waals surface area contributed by atoms with E-state index in [4.69, 9.17) is 16.3 Å². The molecular formula is C20H25ClN4O3S. The van der Waals surface area contributed by atoms with Crippen LogP contribution in [0.1, 0.15) is 58.4 Å². The molecule has 156 valence electrons. The Bertz CT molecular complexity index is 917. The zero-order valence-electron chi connectivity index (χ0n) is 16.7. The van der Waals surface area contributed by atoms with E-state index in [1.807, 2.05) is 11.8 Å². The van der Waals surface area contributed by atoms with Crippen molar-refractivity contribution in [2.75, 3.05) is 31.1 Å². The highest BCUT2D eigenvalue weighted by atomic mass is 35.5. The van der Waals surface area contributed by atoms with E-state index in [2.05, 4.69) is 14.9 Å². The van der Waals surface area contributed by atoms with Crippen LogP contribution in [0.4, 0.5) is 5.13 Å². The second-order valence-corrected chi connectivity index (χ2v) is 8.69. The maximum absolute atomic E-state index is 13.2. The molecule has 1 amide bonds. The number of H-pyrrole nitrogens is 1. The number of piperidine rings is 1. The van der Waals surface area contributed by atoms with E-state index >= 15 is 0 Å². The molecule has 0 unspecified atom stereocenters. The third-order valence-corrected chi connectivity index (χ3v) is 7.07. The van der Waals surface area contributed by atoms with Gasteiger partial charge in [-0.15, -0.1) is 11.3 Å². The van der Waals surface area contributed by atoms with Gasteiger partial charge in [-0.1, -0.05) is 11.6 Å². The molecule has 29 heavy (non-hydrogen) atoms. The molecule has 0 radical (unpaired) electrons. The molecule has 4 heterocycles. The first-order valence-corrected chi connectivity index (χ1v) is 11.3. The summed E-state index contributed by atoms with van der Waals surface area (Å²) in [6, 6.07) is 0.205. The summed E-state index contributed by atoms with van der Waals surface area (Å²) in [5.41, 5.74) is 2.85. The number of anilines is 1. The number of fused-ring (bicyclic) bond motifs is 1. The number of ether oxygens (including phenoxy) is 1. The van der Waals surface area contributed by atoms with E-state index in [9.17, 15) is 9.59 Å². The fraction of sp³-hybridized carbons (Fsp3) is 0.550. The molecule has 7 nitrogen and oxygen atoms in total. The summed E-state index contributed by atoms with van der Waals surface area (Å²) < 4.78 is 5.02. The van der Waals surface area contributed by atoms with E-state index in [1.54, 1.807) is 12.3 Å². The summed E-state index contributed by atoms with van der Waals surface area (Å²) in [5.74, 6) is -0.319. The second kappa shape index (κ2) is 8.36. The number of esters is 1. The van der Waals surface area contributed by atoms with Crippen LogP contribution in [0.5, 0.6) is 0 Å². The maximum atomic E-state index is 13.2. The van der Waals surface area contributed by atoms with Crippen LogP contribution < -0.4 is 4.90 Å². The number of hydrogen-bond donors (Lipinski definition) is 1. The van der Waals surface area contributed by atoms with Gasteiger partial charge in [-0.2, -0.15) is 0 Å². The zero-order chi connectivity index (χ0) is 20.5. The highest BCUT2D eigenvalue weighted by molar-refractivity contribution is 7.13. The number of nitrogens with one attached hydrogen (secondary N) is 1. The molecule has 4 rings (SSSR count). The summed E-state index contributed by atoms with van der Waals surface area (Å²) in [5, 5.41) is 3.28. The number of hydrogen-bond acceptors (Lipinski definition) is 6. The van der Waals surface area contributed by atoms with E-state index < -0.39 is 0 Å². The lowest BCUT2D eigenvalue weighted by Crippen LogP contribution is -2.47. The van der Waals surface area contributed by atoms with Crippen LogP contribution in [0.15, 0.2) is 5.38 Å². The Hall–Kier alpha value is -2.06. The molecule has 0 spiro atoms. The largest absolute Gasteiger partial charge is 0.461 e. The molecule has 9 heteroatoms. The molecule has 0 saturated carbocycles. The molecule has 0 bridgehead atoms. The Labute approximate surface area is 179 Å². The lowest BCUT2D eigenvalue weighted by molar-refractivity contribution is 0.0519. The first-order chi connectivity index (χ1) is 14.0. The Morgan fingerprint density at radius 3 is 2.86 bits per heavy atom. The van der Waals surface area contributed by atoms with Gasteiger partial charge in [0.15, 0.2) is 10.8 Å². The number of carbonyl (C=O) groups is 2. The van der Waals surface area contributed by atoms with Crippen molar-refractivity contribution >= 4 is 39.9 Å². The van der Waals surface area contributed by atoms with E-state index in [0.29, 0.717) is 23.0 Å².